The number of hydrogen-bond acceptors (Lipinski definition) is 7. The molecule has 188 valence electrons. The number of halogens is 1. The average Bonchev–Trinajstić information content (AvgIpc) is 3.41. The van der Waals surface area contributed by atoms with Gasteiger partial charge in [-0.3, -0.25) is 9.47 Å². The molecule has 1 saturated heterocycles. The lowest BCUT2D eigenvalue weighted by Crippen LogP contribution is -2.46. The molecule has 2 aromatic carbocycles. The Labute approximate surface area is 218 Å². The number of aromatic nitrogens is 2. The van der Waals surface area contributed by atoms with Crippen molar-refractivity contribution in [1.29, 1.82) is 0 Å². The van der Waals surface area contributed by atoms with E-state index in [-0.39, 0.29) is 11.8 Å². The van der Waals surface area contributed by atoms with Crippen LogP contribution in [0.5, 0.6) is 11.8 Å². The maximum absolute atomic E-state index is 10.9. The highest BCUT2D eigenvalue weighted by atomic mass is 79.9. The number of nitro groups is 1. The number of imidazole rings is 1. The summed E-state index contributed by atoms with van der Waals surface area (Å²) in [6, 6.07) is 16.7. The fourth-order valence-electron chi connectivity index (χ4n) is 4.45. The Morgan fingerprint density at radius 1 is 1.14 bits per heavy atom. The van der Waals surface area contributed by atoms with Crippen molar-refractivity contribution in [3.8, 4) is 11.8 Å². The molecule has 0 N–H and O–H groups in total. The Bertz CT molecular complexity index is 1210. The summed E-state index contributed by atoms with van der Waals surface area (Å²) in [4.78, 5) is 19.1. The summed E-state index contributed by atoms with van der Waals surface area (Å²) in [5.74, 6) is 0.553. The van der Waals surface area contributed by atoms with E-state index < -0.39 is 10.5 Å². The molecule has 0 saturated carbocycles. The third-order valence-electron chi connectivity index (χ3n) is 6.42. The van der Waals surface area contributed by atoms with Crippen molar-refractivity contribution in [2.24, 2.45) is 0 Å². The summed E-state index contributed by atoms with van der Waals surface area (Å²) in [6.45, 7) is 7.63. The summed E-state index contributed by atoms with van der Waals surface area (Å²) >= 11 is 3.47. The minimum absolute atomic E-state index is 0.207. The molecule has 9 nitrogen and oxygen atoms in total. The van der Waals surface area contributed by atoms with Gasteiger partial charge in [-0.05, 0) is 53.8 Å². The van der Waals surface area contributed by atoms with E-state index in [9.17, 15) is 10.1 Å². The van der Waals surface area contributed by atoms with Gasteiger partial charge >= 0.3 is 11.8 Å². The first-order valence-corrected chi connectivity index (χ1v) is 12.7. The van der Waals surface area contributed by atoms with Gasteiger partial charge in [-0.2, -0.15) is 0 Å². The number of piperazine rings is 1. The SMILES string of the molecule is C[C@]1(COc2ccc(N3CCN(C/C=C/c4ccc(Br)cc4)CC3)cc2)Cn2cc([N+](=O)[O-])nc2O1. The normalized spacial score (nSPS) is 19.9. The van der Waals surface area contributed by atoms with Gasteiger partial charge in [-0.25, -0.2) is 0 Å². The third kappa shape index (κ3) is 5.71. The Morgan fingerprint density at radius 2 is 1.86 bits per heavy atom. The van der Waals surface area contributed by atoms with Crippen LogP contribution < -0.4 is 14.4 Å². The molecule has 0 radical (unpaired) electrons. The molecule has 1 aromatic heterocycles. The molecule has 2 aliphatic rings. The van der Waals surface area contributed by atoms with Crippen molar-refractivity contribution in [3.63, 3.8) is 0 Å². The molecule has 3 heterocycles. The fraction of sp³-hybridized carbons (Fsp3) is 0.346. The van der Waals surface area contributed by atoms with E-state index in [1.807, 2.05) is 19.1 Å². The highest BCUT2D eigenvalue weighted by Crippen LogP contribution is 2.31. The smallest absolute Gasteiger partial charge is 0.415 e. The lowest BCUT2D eigenvalue weighted by atomic mass is 10.1. The summed E-state index contributed by atoms with van der Waals surface area (Å²) in [5.41, 5.74) is 1.77. The monoisotopic (exact) mass is 553 g/mol. The molecule has 1 atom stereocenters. The second-order valence-corrected chi connectivity index (χ2v) is 10.3. The highest BCUT2D eigenvalue weighted by Gasteiger charge is 2.41. The van der Waals surface area contributed by atoms with Crippen LogP contribution in [0.3, 0.4) is 0 Å². The van der Waals surface area contributed by atoms with Crippen molar-refractivity contribution in [2.75, 3.05) is 44.2 Å². The van der Waals surface area contributed by atoms with E-state index in [0.29, 0.717) is 13.2 Å². The van der Waals surface area contributed by atoms with Crippen LogP contribution in [-0.2, 0) is 6.54 Å². The van der Waals surface area contributed by atoms with Gasteiger partial charge in [0, 0.05) is 47.9 Å². The first kappa shape index (κ1) is 24.3. The van der Waals surface area contributed by atoms with Crippen LogP contribution in [0.25, 0.3) is 6.08 Å². The molecule has 3 aromatic rings. The fourth-order valence-corrected chi connectivity index (χ4v) is 4.71. The number of ether oxygens (including phenoxy) is 2. The van der Waals surface area contributed by atoms with E-state index in [1.54, 1.807) is 4.57 Å². The number of nitrogens with zero attached hydrogens (tertiary/aromatic N) is 5. The number of hydrogen-bond donors (Lipinski definition) is 0. The van der Waals surface area contributed by atoms with Crippen molar-refractivity contribution >= 4 is 33.5 Å². The van der Waals surface area contributed by atoms with Crippen molar-refractivity contribution < 1.29 is 14.4 Å². The second-order valence-electron chi connectivity index (χ2n) is 9.34. The van der Waals surface area contributed by atoms with Crippen molar-refractivity contribution in [3.05, 3.63) is 81.0 Å². The largest absolute Gasteiger partial charge is 0.489 e. The van der Waals surface area contributed by atoms with Crippen LogP contribution in [0.4, 0.5) is 11.5 Å². The van der Waals surface area contributed by atoms with E-state index in [4.69, 9.17) is 9.47 Å². The van der Waals surface area contributed by atoms with Gasteiger partial charge in [0.1, 0.15) is 18.6 Å². The molecule has 0 bridgehead atoms. The number of fused-ring (bicyclic) bond motifs is 1. The topological polar surface area (TPSA) is 85.9 Å². The van der Waals surface area contributed by atoms with Crippen LogP contribution >= 0.6 is 15.9 Å². The standard InChI is InChI=1S/C26H28BrN5O4/c1-26(18-31-17-24(32(33)34)28-25(31)36-26)19-35-23-10-8-22(9-11-23)30-15-13-29(14-16-30)12-2-3-20-4-6-21(27)7-5-20/h2-11,17H,12-16,18-19H2,1H3/b3-2+/t26-/m1/s1. The van der Waals surface area contributed by atoms with Crippen molar-refractivity contribution in [2.45, 2.75) is 19.1 Å². The van der Waals surface area contributed by atoms with Gasteiger partial charge in [0.25, 0.3) is 0 Å². The van der Waals surface area contributed by atoms with Crippen LogP contribution in [-0.4, -0.2) is 64.3 Å². The number of anilines is 1. The summed E-state index contributed by atoms with van der Waals surface area (Å²) in [7, 11) is 0. The quantitative estimate of drug-likeness (QED) is 0.297. The Hall–Kier alpha value is -3.37. The van der Waals surface area contributed by atoms with Gasteiger partial charge < -0.3 is 24.5 Å². The molecule has 2 aliphatic heterocycles. The molecule has 1 fully saturated rings. The highest BCUT2D eigenvalue weighted by molar-refractivity contribution is 9.10. The molecule has 0 aliphatic carbocycles. The van der Waals surface area contributed by atoms with E-state index in [1.165, 1.54) is 17.4 Å². The maximum Gasteiger partial charge on any atom is 0.415 e. The van der Waals surface area contributed by atoms with Gasteiger partial charge in [0.15, 0.2) is 5.60 Å². The van der Waals surface area contributed by atoms with E-state index in [2.05, 4.69) is 79.3 Å². The predicted molar refractivity (Wildman–Crippen MR) is 142 cm³/mol. The van der Waals surface area contributed by atoms with Crippen LogP contribution in [0.1, 0.15) is 12.5 Å². The zero-order valence-electron chi connectivity index (χ0n) is 20.0. The molecular weight excluding hydrogens is 526 g/mol. The van der Waals surface area contributed by atoms with E-state index in [0.717, 1.165) is 42.9 Å². The lowest BCUT2D eigenvalue weighted by Gasteiger charge is -2.35. The van der Waals surface area contributed by atoms with E-state index >= 15 is 0 Å². The average molecular weight is 554 g/mol. The first-order chi connectivity index (χ1) is 17.4. The molecular formula is C26H28BrN5O4. The summed E-state index contributed by atoms with van der Waals surface area (Å²) in [5, 5.41) is 10.9. The second kappa shape index (κ2) is 10.3. The first-order valence-electron chi connectivity index (χ1n) is 11.9. The minimum atomic E-state index is -0.627. The van der Waals surface area contributed by atoms with Crippen LogP contribution in [0.2, 0.25) is 0 Å². The van der Waals surface area contributed by atoms with Gasteiger partial charge in [0.2, 0.25) is 0 Å². The number of benzene rings is 2. The minimum Gasteiger partial charge on any atom is -0.489 e. The van der Waals surface area contributed by atoms with Crippen LogP contribution in [0.15, 0.2) is 65.3 Å². The zero-order valence-corrected chi connectivity index (χ0v) is 21.6. The lowest BCUT2D eigenvalue weighted by molar-refractivity contribution is -0.389. The summed E-state index contributed by atoms with van der Waals surface area (Å²) < 4.78 is 14.6. The van der Waals surface area contributed by atoms with Gasteiger partial charge in [-0.1, -0.05) is 40.2 Å². The van der Waals surface area contributed by atoms with Crippen LogP contribution in [0, 0.1) is 10.1 Å². The predicted octanol–water partition coefficient (Wildman–Crippen LogP) is 4.62. The van der Waals surface area contributed by atoms with Crippen molar-refractivity contribution in [1.82, 2.24) is 14.5 Å². The maximum atomic E-state index is 10.9. The molecule has 0 unspecified atom stereocenters. The Balaban J connectivity index is 1.07. The molecule has 0 amide bonds. The third-order valence-corrected chi connectivity index (χ3v) is 6.95. The Morgan fingerprint density at radius 3 is 2.53 bits per heavy atom. The number of rotatable bonds is 8. The molecule has 10 heteroatoms. The summed E-state index contributed by atoms with van der Waals surface area (Å²) in [6.07, 6.45) is 5.80. The van der Waals surface area contributed by atoms with Gasteiger partial charge in [-0.15, -0.1) is 0 Å². The van der Waals surface area contributed by atoms with Gasteiger partial charge in [0.05, 0.1) is 6.54 Å². The Kier molecular flexibility index (Phi) is 6.97. The molecule has 5 rings (SSSR count). The zero-order chi connectivity index (χ0) is 25.1. The molecule has 0 spiro atoms. The molecule has 36 heavy (non-hydrogen) atoms.